The van der Waals surface area contributed by atoms with Gasteiger partial charge in [0.05, 0.1) is 32.3 Å². The van der Waals surface area contributed by atoms with E-state index in [1.165, 1.54) is 0 Å². The molecule has 0 bridgehead atoms. The van der Waals surface area contributed by atoms with E-state index in [4.69, 9.17) is 0 Å². The Hall–Kier alpha value is -0.628. The average molecular weight is 467 g/mol. The lowest BCUT2D eigenvalue weighted by Crippen LogP contribution is -2.60. The summed E-state index contributed by atoms with van der Waals surface area (Å²) in [5.41, 5.74) is 6.54. The third-order valence-corrected chi connectivity index (χ3v) is 15.0. The third-order valence-electron chi connectivity index (χ3n) is 6.86. The fourth-order valence-corrected chi connectivity index (χ4v) is 11.0. The van der Waals surface area contributed by atoms with Gasteiger partial charge in [-0.1, -0.05) is 141 Å². The van der Waals surface area contributed by atoms with E-state index in [2.05, 4.69) is 110 Å². The first-order valence-electron chi connectivity index (χ1n) is 11.7. The molecular formula is C25H43BSi4. The molecule has 1 heterocycles. The van der Waals surface area contributed by atoms with Gasteiger partial charge < -0.3 is 0 Å². The molecule has 0 N–H and O–H groups in total. The van der Waals surface area contributed by atoms with Crippen molar-refractivity contribution in [1.82, 2.24) is 0 Å². The van der Waals surface area contributed by atoms with Crippen molar-refractivity contribution in [2.24, 2.45) is 0 Å². The van der Waals surface area contributed by atoms with Crippen molar-refractivity contribution >= 4 is 70.7 Å². The van der Waals surface area contributed by atoms with Crippen LogP contribution in [0.5, 0.6) is 0 Å². The van der Waals surface area contributed by atoms with Crippen LogP contribution >= 0.6 is 0 Å². The summed E-state index contributed by atoms with van der Waals surface area (Å²) in [5.74, 6) is 0. The lowest BCUT2D eigenvalue weighted by Gasteiger charge is -2.27. The monoisotopic (exact) mass is 466 g/mol. The highest BCUT2D eigenvalue weighted by atomic mass is 28.3. The lowest BCUT2D eigenvalue weighted by molar-refractivity contribution is 1.66. The second-order valence-electron chi connectivity index (χ2n) is 13.7. The van der Waals surface area contributed by atoms with E-state index in [1.807, 2.05) is 0 Å². The van der Waals surface area contributed by atoms with E-state index in [9.17, 15) is 0 Å². The summed E-state index contributed by atoms with van der Waals surface area (Å²) in [6.07, 6.45) is 0. The molecular weight excluding hydrogens is 423 g/mol. The Balaban J connectivity index is 2.48. The minimum atomic E-state index is -1.45. The van der Waals surface area contributed by atoms with Crippen LogP contribution < -0.4 is 31.7 Å². The van der Waals surface area contributed by atoms with Crippen molar-refractivity contribution in [3.8, 4) is 11.1 Å². The van der Waals surface area contributed by atoms with Crippen LogP contribution in [0.3, 0.4) is 0 Å². The predicted octanol–water partition coefficient (Wildman–Crippen LogP) is 4.09. The van der Waals surface area contributed by atoms with Gasteiger partial charge in [0, 0.05) is 0 Å². The highest BCUT2D eigenvalue weighted by Gasteiger charge is 2.40. The summed E-state index contributed by atoms with van der Waals surface area (Å²) in [4.78, 5) is 0. The molecule has 0 nitrogen and oxygen atoms in total. The van der Waals surface area contributed by atoms with Crippen molar-refractivity contribution in [3.05, 3.63) is 24.3 Å². The van der Waals surface area contributed by atoms with Crippen molar-refractivity contribution < 1.29 is 0 Å². The highest BCUT2D eigenvalue weighted by Crippen LogP contribution is 2.25. The van der Waals surface area contributed by atoms with Crippen LogP contribution in [0.25, 0.3) is 11.1 Å². The van der Waals surface area contributed by atoms with Gasteiger partial charge in [-0.2, -0.15) is 0 Å². The van der Waals surface area contributed by atoms with Gasteiger partial charge in [0.15, 0.2) is 0 Å². The highest BCUT2D eigenvalue weighted by molar-refractivity contribution is 7.03. The molecule has 2 aromatic carbocycles. The molecule has 0 fully saturated rings. The van der Waals surface area contributed by atoms with Crippen LogP contribution in [0, 0.1) is 0 Å². The normalized spacial score (nSPS) is 14.8. The van der Waals surface area contributed by atoms with Gasteiger partial charge in [0.25, 0.3) is 0 Å². The van der Waals surface area contributed by atoms with Crippen molar-refractivity contribution in [2.45, 2.75) is 85.4 Å². The van der Waals surface area contributed by atoms with Crippen LogP contribution in [0.1, 0.15) is 0 Å². The molecule has 0 atom stereocenters. The Morgan fingerprint density at radius 3 is 1.00 bits per heavy atom. The van der Waals surface area contributed by atoms with Gasteiger partial charge in [-0.15, -0.1) is 0 Å². The van der Waals surface area contributed by atoms with Gasteiger partial charge in [0.1, 0.15) is 0 Å². The zero-order valence-corrected chi connectivity index (χ0v) is 25.9. The number of hydrogen-bond acceptors (Lipinski definition) is 0. The van der Waals surface area contributed by atoms with Crippen LogP contribution in [0.15, 0.2) is 24.3 Å². The van der Waals surface area contributed by atoms with Crippen LogP contribution in [-0.4, -0.2) is 39.0 Å². The molecule has 0 amide bonds. The molecule has 1 aliphatic heterocycles. The Kier molecular flexibility index (Phi) is 5.76. The summed E-state index contributed by atoms with van der Waals surface area (Å²) in [6.45, 7) is 33.3. The van der Waals surface area contributed by atoms with Gasteiger partial charge in [-0.25, -0.2) is 0 Å². The maximum atomic E-state index is 2.65. The van der Waals surface area contributed by atoms with Crippen LogP contribution in [0.2, 0.25) is 85.4 Å². The maximum Gasteiger partial charge on any atom is 0.207 e. The Labute approximate surface area is 191 Å². The third kappa shape index (κ3) is 4.19. The van der Waals surface area contributed by atoms with Crippen LogP contribution in [0.4, 0.5) is 0 Å². The number of hydrogen-bond donors (Lipinski definition) is 0. The average Bonchev–Trinajstić information content (AvgIpc) is 2.83. The number of benzene rings is 2. The largest absolute Gasteiger partial charge is 0.207 e. The molecule has 0 saturated heterocycles. The molecule has 0 radical (unpaired) electrons. The van der Waals surface area contributed by atoms with E-state index >= 15 is 0 Å². The van der Waals surface area contributed by atoms with E-state index in [0.717, 1.165) is 0 Å². The molecule has 0 unspecified atom stereocenters. The van der Waals surface area contributed by atoms with Gasteiger partial charge >= 0.3 is 0 Å². The summed E-state index contributed by atoms with van der Waals surface area (Å²) in [7, 11) is -5.69. The quantitative estimate of drug-likeness (QED) is 0.596. The first-order valence-corrected chi connectivity index (χ1v) is 25.7. The zero-order chi connectivity index (χ0) is 23.0. The molecule has 0 spiro atoms. The number of fused-ring (bicyclic) bond motifs is 3. The smallest absolute Gasteiger partial charge is 0.0774 e. The minimum absolute atomic E-state index is 0.532. The first kappa shape index (κ1) is 24.0. The maximum absolute atomic E-state index is 2.65. The van der Waals surface area contributed by atoms with Gasteiger partial charge in [-0.3, -0.25) is 0 Å². The zero-order valence-electron chi connectivity index (χ0n) is 21.9. The summed E-state index contributed by atoms with van der Waals surface area (Å²) < 4.78 is 0. The minimum Gasteiger partial charge on any atom is -0.0774 e. The summed E-state index contributed by atoms with van der Waals surface area (Å²) >= 11 is 0. The molecule has 30 heavy (non-hydrogen) atoms. The Bertz CT molecular complexity index is 915. The van der Waals surface area contributed by atoms with E-state index < -0.39 is 32.3 Å². The fourth-order valence-electron chi connectivity index (χ4n) is 4.94. The molecule has 162 valence electrons. The second-order valence-corrected chi connectivity index (χ2v) is 33.9. The van der Waals surface area contributed by atoms with Crippen LogP contribution in [-0.2, 0) is 0 Å². The molecule has 3 rings (SSSR count). The first-order chi connectivity index (χ1) is 13.3. The standard InChI is InChI=1S/C25H43BSi4/c1-26-24-20(14-18(27(2,3)4)16-22(24)29(8,9)10)21-15-19(28(5,6)7)17-23(25(21)26)30(11,12)13/h14-17H,1-13H3. The lowest BCUT2D eigenvalue weighted by atomic mass is 9.45. The van der Waals surface area contributed by atoms with Crippen molar-refractivity contribution in [1.29, 1.82) is 0 Å². The van der Waals surface area contributed by atoms with E-state index in [1.54, 1.807) is 42.8 Å². The Morgan fingerprint density at radius 1 is 0.467 bits per heavy atom. The SMILES string of the molecule is CB1c2c(cc([Si](C)(C)C)cc2[Si](C)(C)C)-c2cc([Si](C)(C)C)cc([Si](C)(C)C)c21. The summed E-state index contributed by atoms with van der Waals surface area (Å²) in [5, 5.41) is 6.73. The van der Waals surface area contributed by atoms with E-state index in [0.29, 0.717) is 6.71 Å². The Morgan fingerprint density at radius 2 is 0.767 bits per heavy atom. The number of rotatable bonds is 4. The molecule has 0 saturated carbocycles. The predicted molar refractivity (Wildman–Crippen MR) is 155 cm³/mol. The molecule has 0 aromatic heterocycles. The molecule has 5 heteroatoms. The topological polar surface area (TPSA) is 0 Å². The van der Waals surface area contributed by atoms with Gasteiger partial charge in [0.2, 0.25) is 6.71 Å². The summed E-state index contributed by atoms with van der Waals surface area (Å²) in [6, 6.07) is 10.5. The van der Waals surface area contributed by atoms with E-state index in [-0.39, 0.29) is 0 Å². The van der Waals surface area contributed by atoms with Crippen molar-refractivity contribution in [3.63, 3.8) is 0 Å². The molecule has 2 aromatic rings. The fraction of sp³-hybridized carbons (Fsp3) is 0.520. The second kappa shape index (κ2) is 7.19. The molecule has 1 aliphatic rings. The van der Waals surface area contributed by atoms with Crippen molar-refractivity contribution in [2.75, 3.05) is 0 Å². The van der Waals surface area contributed by atoms with Gasteiger partial charge in [-0.05, 0) is 11.1 Å². The molecule has 0 aliphatic carbocycles.